The first-order valence-electron chi connectivity index (χ1n) is 9.55. The number of aryl methyl sites for hydroxylation is 1. The molecule has 1 saturated heterocycles. The van der Waals surface area contributed by atoms with Gasteiger partial charge in [0.25, 0.3) is 0 Å². The average Bonchev–Trinajstić information content (AvgIpc) is 3.08. The summed E-state index contributed by atoms with van der Waals surface area (Å²) in [5, 5.41) is 0. The monoisotopic (exact) mass is 374 g/mol. The van der Waals surface area contributed by atoms with E-state index >= 15 is 0 Å². The number of rotatable bonds is 6. The highest BCUT2D eigenvalue weighted by atomic mass is 16.5. The Hall–Kier alpha value is -2.44. The number of amides is 2. The molecule has 2 aliphatic rings. The molecule has 146 valence electrons. The number of imide groups is 1. The third-order valence-electron chi connectivity index (χ3n) is 5.77. The molecule has 2 atom stereocenters. The summed E-state index contributed by atoms with van der Waals surface area (Å²) in [7, 11) is 0. The van der Waals surface area contributed by atoms with Crippen molar-refractivity contribution >= 4 is 23.6 Å². The van der Waals surface area contributed by atoms with E-state index in [4.69, 9.17) is 4.74 Å². The van der Waals surface area contributed by atoms with Crippen molar-refractivity contribution in [3.63, 3.8) is 0 Å². The maximum atomic E-state index is 12.4. The van der Waals surface area contributed by atoms with Gasteiger partial charge in [-0.1, -0.05) is 12.8 Å². The second-order valence-corrected chi connectivity index (χ2v) is 7.37. The minimum atomic E-state index is -0.729. The van der Waals surface area contributed by atoms with Crippen molar-refractivity contribution in [1.82, 2.24) is 9.47 Å². The van der Waals surface area contributed by atoms with Gasteiger partial charge in [0.15, 0.2) is 6.61 Å². The fraction of sp³-hybridized carbons (Fsp3) is 0.600. The molecule has 1 aliphatic heterocycles. The fourth-order valence-electron chi connectivity index (χ4n) is 4.36. The summed E-state index contributed by atoms with van der Waals surface area (Å²) in [4.78, 5) is 50.3. The van der Waals surface area contributed by atoms with Crippen molar-refractivity contribution < 1.29 is 23.9 Å². The lowest BCUT2D eigenvalue weighted by Gasteiger charge is -2.19. The first kappa shape index (κ1) is 19.3. The molecule has 1 aromatic rings. The van der Waals surface area contributed by atoms with E-state index in [9.17, 15) is 19.2 Å². The molecule has 0 unspecified atom stereocenters. The molecule has 27 heavy (non-hydrogen) atoms. The lowest BCUT2D eigenvalue weighted by Crippen LogP contribution is -2.37. The number of nitrogens with zero attached hydrogens (tertiary/aromatic N) is 2. The molecule has 7 heteroatoms. The predicted molar refractivity (Wildman–Crippen MR) is 97.0 cm³/mol. The molecule has 1 saturated carbocycles. The van der Waals surface area contributed by atoms with Crippen LogP contribution in [0.1, 0.15) is 54.4 Å². The van der Waals surface area contributed by atoms with Crippen LogP contribution < -0.4 is 0 Å². The van der Waals surface area contributed by atoms with Crippen molar-refractivity contribution in [3.8, 4) is 0 Å². The standard InChI is InChI=1S/C20H26N2O5/c1-4-21-12(2)9-16(13(21)3)17(23)11-27-18(24)10-22-19(25)14-7-5-6-8-15(14)20(22)26/h9,14-15H,4-8,10-11H2,1-3H3/t14-,15+. The Labute approximate surface area is 158 Å². The van der Waals surface area contributed by atoms with E-state index in [2.05, 4.69) is 0 Å². The molecule has 2 amide bonds. The number of Topliss-reactive ketones (excluding diaryl/α,β-unsaturated/α-hetero) is 1. The topological polar surface area (TPSA) is 85.7 Å². The van der Waals surface area contributed by atoms with E-state index in [0.717, 1.165) is 35.7 Å². The van der Waals surface area contributed by atoms with Crippen LogP contribution in [-0.4, -0.2) is 46.2 Å². The Morgan fingerprint density at radius 2 is 1.70 bits per heavy atom. The number of fused-ring (bicyclic) bond motifs is 1. The second-order valence-electron chi connectivity index (χ2n) is 7.37. The number of hydrogen-bond donors (Lipinski definition) is 0. The van der Waals surface area contributed by atoms with Crippen molar-refractivity contribution in [2.75, 3.05) is 13.2 Å². The molecule has 1 aliphatic carbocycles. The third kappa shape index (κ3) is 3.55. The normalized spacial score (nSPS) is 22.1. The van der Waals surface area contributed by atoms with Gasteiger partial charge in [-0.05, 0) is 39.7 Å². The molecule has 0 N–H and O–H groups in total. The van der Waals surface area contributed by atoms with Gasteiger partial charge in [-0.25, -0.2) is 0 Å². The molecule has 1 aromatic heterocycles. The molecule has 3 rings (SSSR count). The summed E-state index contributed by atoms with van der Waals surface area (Å²) in [6.45, 7) is 5.72. The quantitative estimate of drug-likeness (QED) is 0.432. The lowest BCUT2D eigenvalue weighted by atomic mass is 9.81. The Morgan fingerprint density at radius 3 is 2.22 bits per heavy atom. The molecule has 0 spiro atoms. The van der Waals surface area contributed by atoms with Crippen LogP contribution in [0, 0.1) is 25.7 Å². The van der Waals surface area contributed by atoms with E-state index in [1.807, 2.05) is 25.3 Å². The van der Waals surface area contributed by atoms with Gasteiger partial charge in [0, 0.05) is 23.5 Å². The summed E-state index contributed by atoms with van der Waals surface area (Å²) >= 11 is 0. The Morgan fingerprint density at radius 1 is 1.11 bits per heavy atom. The second kappa shape index (κ2) is 7.66. The smallest absolute Gasteiger partial charge is 0.326 e. The highest BCUT2D eigenvalue weighted by Gasteiger charge is 2.48. The first-order valence-corrected chi connectivity index (χ1v) is 9.55. The predicted octanol–water partition coefficient (Wildman–Crippen LogP) is 2.03. The Balaban J connectivity index is 1.58. The summed E-state index contributed by atoms with van der Waals surface area (Å²) in [5.74, 6) is -2.16. The summed E-state index contributed by atoms with van der Waals surface area (Å²) in [5.41, 5.74) is 2.34. The van der Waals surface area contributed by atoms with Crippen molar-refractivity contribution in [1.29, 1.82) is 0 Å². The van der Waals surface area contributed by atoms with Crippen molar-refractivity contribution in [2.45, 2.75) is 53.0 Å². The molecule has 0 aromatic carbocycles. The third-order valence-corrected chi connectivity index (χ3v) is 5.77. The van der Waals surface area contributed by atoms with E-state index in [1.54, 1.807) is 6.07 Å². The van der Waals surface area contributed by atoms with Gasteiger partial charge in [0.05, 0.1) is 11.8 Å². The number of likely N-dealkylation sites (tertiary alicyclic amines) is 1. The molecule has 2 heterocycles. The Kier molecular flexibility index (Phi) is 5.48. The van der Waals surface area contributed by atoms with Crippen LogP contribution in [0.4, 0.5) is 0 Å². The summed E-state index contributed by atoms with van der Waals surface area (Å²) in [6, 6.07) is 1.78. The van der Waals surface area contributed by atoms with Crippen LogP contribution in [0.2, 0.25) is 0 Å². The number of ketones is 1. The van der Waals surface area contributed by atoms with E-state index in [0.29, 0.717) is 18.4 Å². The van der Waals surface area contributed by atoms with Crippen LogP contribution in [0.15, 0.2) is 6.07 Å². The summed E-state index contributed by atoms with van der Waals surface area (Å²) in [6.07, 6.45) is 3.27. The number of aromatic nitrogens is 1. The van der Waals surface area contributed by atoms with Gasteiger partial charge >= 0.3 is 5.97 Å². The van der Waals surface area contributed by atoms with E-state index in [1.165, 1.54) is 0 Å². The van der Waals surface area contributed by atoms with Gasteiger partial charge in [0.1, 0.15) is 6.54 Å². The molecule has 2 fully saturated rings. The molecule has 0 radical (unpaired) electrons. The fourth-order valence-corrected chi connectivity index (χ4v) is 4.36. The van der Waals surface area contributed by atoms with Crippen LogP contribution in [-0.2, 0) is 25.7 Å². The molecule has 7 nitrogen and oxygen atoms in total. The largest absolute Gasteiger partial charge is 0.456 e. The highest BCUT2D eigenvalue weighted by Crippen LogP contribution is 2.37. The van der Waals surface area contributed by atoms with Gasteiger partial charge < -0.3 is 9.30 Å². The number of esters is 1. The number of hydrogen-bond acceptors (Lipinski definition) is 5. The SMILES string of the molecule is CCn1c(C)cc(C(=O)COC(=O)CN2C(=O)[C@H]3CCCC[C@H]3C2=O)c1C. The number of carbonyl (C=O) groups excluding carboxylic acids is 4. The highest BCUT2D eigenvalue weighted by molar-refractivity contribution is 6.07. The first-order chi connectivity index (χ1) is 12.8. The zero-order chi connectivity index (χ0) is 19.7. The number of ether oxygens (including phenoxy) is 1. The minimum absolute atomic E-state index is 0.278. The van der Waals surface area contributed by atoms with Crippen molar-refractivity contribution in [3.05, 3.63) is 23.0 Å². The van der Waals surface area contributed by atoms with Gasteiger partial charge in [-0.15, -0.1) is 0 Å². The maximum absolute atomic E-state index is 12.4. The lowest BCUT2D eigenvalue weighted by molar-refractivity contribution is -0.152. The summed E-state index contributed by atoms with van der Waals surface area (Å²) < 4.78 is 7.08. The van der Waals surface area contributed by atoms with E-state index in [-0.39, 0.29) is 29.4 Å². The maximum Gasteiger partial charge on any atom is 0.326 e. The van der Waals surface area contributed by atoms with E-state index < -0.39 is 19.1 Å². The minimum Gasteiger partial charge on any atom is -0.456 e. The Bertz CT molecular complexity index is 771. The van der Waals surface area contributed by atoms with Crippen molar-refractivity contribution in [2.24, 2.45) is 11.8 Å². The zero-order valence-corrected chi connectivity index (χ0v) is 16.1. The van der Waals surface area contributed by atoms with Crippen LogP contribution in [0.5, 0.6) is 0 Å². The average molecular weight is 374 g/mol. The van der Waals surface area contributed by atoms with Gasteiger partial charge in [0.2, 0.25) is 17.6 Å². The zero-order valence-electron chi connectivity index (χ0n) is 16.1. The van der Waals surface area contributed by atoms with Gasteiger partial charge in [-0.3, -0.25) is 24.1 Å². The van der Waals surface area contributed by atoms with Gasteiger partial charge in [-0.2, -0.15) is 0 Å². The molecular formula is C20H26N2O5. The van der Waals surface area contributed by atoms with Crippen LogP contribution >= 0.6 is 0 Å². The van der Waals surface area contributed by atoms with Crippen LogP contribution in [0.3, 0.4) is 0 Å². The number of carbonyl (C=O) groups is 4. The molecule has 0 bridgehead atoms. The molecular weight excluding hydrogens is 348 g/mol. The van der Waals surface area contributed by atoms with Crippen LogP contribution in [0.25, 0.3) is 0 Å².